The van der Waals surface area contributed by atoms with Gasteiger partial charge < -0.3 is 60.7 Å². The van der Waals surface area contributed by atoms with E-state index in [2.05, 4.69) is 98.3 Å². The molecule has 5 N–H and O–H groups in total. The molecule has 6 rings (SSSR count). The van der Waals surface area contributed by atoms with Crippen molar-refractivity contribution in [1.82, 2.24) is 56.0 Å². The van der Waals surface area contributed by atoms with Crippen molar-refractivity contribution in [3.05, 3.63) is 0 Å². The number of hydrogen-bond acceptors (Lipinski definition) is 13. The van der Waals surface area contributed by atoms with Gasteiger partial charge in [-0.2, -0.15) is 0 Å². The van der Waals surface area contributed by atoms with E-state index in [0.29, 0.717) is 0 Å². The minimum absolute atomic E-state index is 0.0683. The molecule has 6 heterocycles. The maximum Gasteiger partial charge on any atom is 0.147 e. The van der Waals surface area contributed by atoms with E-state index >= 15 is 0 Å². The Labute approximate surface area is 289 Å². The third-order valence-corrected chi connectivity index (χ3v) is 9.40. The number of hydrogen-bond donors (Lipinski definition) is 5. The number of morpholine rings is 1. The fourth-order valence-corrected chi connectivity index (χ4v) is 5.49. The summed E-state index contributed by atoms with van der Waals surface area (Å²) < 4.78 is 5.10. The van der Waals surface area contributed by atoms with Gasteiger partial charge in [0, 0.05) is 110 Å². The molecule has 0 spiro atoms. The number of nitrogens with one attached hydrogen (secondary N) is 5. The summed E-state index contributed by atoms with van der Waals surface area (Å²) in [5, 5.41) is 16.2. The van der Waals surface area contributed by atoms with Gasteiger partial charge in [-0.15, -0.1) is 0 Å². The van der Waals surface area contributed by atoms with Gasteiger partial charge in [-0.25, -0.2) is 0 Å². The van der Waals surface area contributed by atoms with Crippen LogP contribution in [0.1, 0.15) is 19.8 Å². The molecule has 0 saturated carbocycles. The van der Waals surface area contributed by atoms with Gasteiger partial charge in [-0.3, -0.25) is 4.79 Å². The van der Waals surface area contributed by atoms with E-state index in [1.807, 2.05) is 14.1 Å². The predicted molar refractivity (Wildman–Crippen MR) is 199 cm³/mol. The van der Waals surface area contributed by atoms with Crippen LogP contribution in [0.5, 0.6) is 0 Å². The quantitative estimate of drug-likeness (QED) is 0.236. The average molecular weight is 672 g/mol. The Morgan fingerprint density at radius 2 is 1.17 bits per heavy atom. The number of ketones is 1. The normalized spacial score (nSPS) is 27.7. The SMILES string of the molecule is CC(=O)C1CN(C)CCN1.CN(C)C1CCNC1.CN1CCN(C)CC1.CN1CCNCC1.CN1CCOCC1.CNC1CCNC1. The third kappa shape index (κ3) is 24.1. The molecule has 13 heteroatoms. The number of piperazine rings is 3. The molecule has 6 fully saturated rings. The van der Waals surface area contributed by atoms with E-state index in [9.17, 15) is 4.79 Å². The van der Waals surface area contributed by atoms with Gasteiger partial charge in [0.05, 0.1) is 19.3 Å². The monoisotopic (exact) mass is 672 g/mol. The number of rotatable bonds is 3. The first-order chi connectivity index (χ1) is 22.5. The first-order valence-corrected chi connectivity index (χ1v) is 18.2. The largest absolute Gasteiger partial charge is 0.379 e. The minimum atomic E-state index is 0.0683. The molecule has 13 nitrogen and oxygen atoms in total. The van der Waals surface area contributed by atoms with Crippen molar-refractivity contribution in [2.45, 2.75) is 37.9 Å². The van der Waals surface area contributed by atoms with Crippen molar-refractivity contribution in [2.75, 3.05) is 181 Å². The molecule has 0 aromatic carbocycles. The van der Waals surface area contributed by atoms with Crippen molar-refractivity contribution in [3.63, 3.8) is 0 Å². The maximum absolute atomic E-state index is 10.9. The number of carbonyl (C=O) groups excluding carboxylic acids is 1. The average Bonchev–Trinajstić information content (AvgIpc) is 3.81. The van der Waals surface area contributed by atoms with Gasteiger partial charge in [-0.1, -0.05) is 0 Å². The smallest absolute Gasteiger partial charge is 0.147 e. The van der Waals surface area contributed by atoms with Crippen molar-refractivity contribution < 1.29 is 9.53 Å². The van der Waals surface area contributed by atoms with Gasteiger partial charge in [0.25, 0.3) is 0 Å². The standard InChI is InChI=1S/C7H14N2O.2C6H14N2.2C5H12N2.C5H11NO/c1-6(10)7-5-9(2)4-3-8-7;1-7-3-5-8(2)6-4-7;1-8(2)6-3-4-7-5-6;1-7-4-2-6-3-5-7;1-6-5-2-3-7-4-5;1-6-2-4-7-5-3-6/h7-8H,3-5H2,1-2H3;3-6H2,1-2H3;6-7H,3-5H2,1-2H3;6H,2-5H2,1H3;5-7H,2-4H2,1H3;2-5H2,1H3. The zero-order chi connectivity index (χ0) is 34.9. The summed E-state index contributed by atoms with van der Waals surface area (Å²) in [6.45, 7) is 22.9. The number of nitrogens with zero attached hydrogens (tertiary/aromatic N) is 6. The minimum Gasteiger partial charge on any atom is -0.379 e. The summed E-state index contributed by atoms with van der Waals surface area (Å²) in [5.74, 6) is 0.242. The molecule has 0 radical (unpaired) electrons. The lowest BCUT2D eigenvalue weighted by atomic mass is 10.1. The topological polar surface area (TPSA) is 106 Å². The zero-order valence-electron chi connectivity index (χ0n) is 32.1. The fraction of sp³-hybridized carbons (Fsp3) is 0.971. The molecule has 0 aromatic rings. The Morgan fingerprint density at radius 3 is 1.47 bits per heavy atom. The lowest BCUT2D eigenvalue weighted by Gasteiger charge is -2.28. The summed E-state index contributed by atoms with van der Waals surface area (Å²) in [4.78, 5) is 24.6. The fourth-order valence-electron chi connectivity index (χ4n) is 5.49. The Bertz CT molecular complexity index is 693. The molecule has 280 valence electrons. The highest BCUT2D eigenvalue weighted by atomic mass is 16.5. The summed E-state index contributed by atoms with van der Waals surface area (Å²) in [7, 11) is 16.9. The molecule has 0 bridgehead atoms. The van der Waals surface area contributed by atoms with Gasteiger partial charge in [-0.05, 0) is 89.2 Å². The van der Waals surface area contributed by atoms with Gasteiger partial charge in [0.15, 0.2) is 0 Å². The summed E-state index contributed by atoms with van der Waals surface area (Å²) in [6.07, 6.45) is 2.60. The number of likely N-dealkylation sites (N-methyl/N-ethyl adjacent to an activating group) is 7. The van der Waals surface area contributed by atoms with Crippen molar-refractivity contribution in [2.24, 2.45) is 0 Å². The van der Waals surface area contributed by atoms with Crippen LogP contribution in [0.3, 0.4) is 0 Å². The number of Topliss-reactive ketones (excluding diaryl/α,β-unsaturated/α-hetero) is 1. The van der Waals surface area contributed by atoms with Crippen molar-refractivity contribution in [1.29, 1.82) is 0 Å². The molecule has 6 aliphatic rings. The Kier molecular flexibility index (Phi) is 26.3. The Morgan fingerprint density at radius 1 is 0.660 bits per heavy atom. The summed E-state index contributed by atoms with van der Waals surface area (Å²) >= 11 is 0. The van der Waals surface area contributed by atoms with Crippen molar-refractivity contribution in [3.8, 4) is 0 Å². The highest BCUT2D eigenvalue weighted by Crippen LogP contribution is 2.02. The Balaban J connectivity index is 0.000000283. The second kappa shape index (κ2) is 27.9. The summed E-state index contributed by atoms with van der Waals surface area (Å²) in [6, 6.07) is 1.59. The number of ether oxygens (including phenoxy) is 1. The highest BCUT2D eigenvalue weighted by Gasteiger charge is 2.19. The first kappa shape index (κ1) is 44.2. The van der Waals surface area contributed by atoms with E-state index in [-0.39, 0.29) is 11.8 Å². The zero-order valence-corrected chi connectivity index (χ0v) is 32.1. The van der Waals surface area contributed by atoms with Gasteiger partial charge >= 0.3 is 0 Å². The van der Waals surface area contributed by atoms with Crippen molar-refractivity contribution >= 4 is 5.78 Å². The molecule has 6 aliphatic heterocycles. The van der Waals surface area contributed by atoms with E-state index in [0.717, 1.165) is 77.7 Å². The molecule has 47 heavy (non-hydrogen) atoms. The van der Waals surface area contributed by atoms with Crippen LogP contribution in [-0.4, -0.2) is 234 Å². The van der Waals surface area contributed by atoms with E-state index in [1.54, 1.807) is 6.92 Å². The molecular formula is C34H77N11O2. The van der Waals surface area contributed by atoms with Crippen LogP contribution < -0.4 is 26.6 Å². The van der Waals surface area contributed by atoms with Crippen LogP contribution in [0, 0.1) is 0 Å². The van der Waals surface area contributed by atoms with Crippen LogP contribution in [0.15, 0.2) is 0 Å². The molecule has 0 amide bonds. The molecular weight excluding hydrogens is 594 g/mol. The lowest BCUT2D eigenvalue weighted by Crippen LogP contribution is -2.52. The van der Waals surface area contributed by atoms with Crippen LogP contribution in [-0.2, 0) is 9.53 Å². The van der Waals surface area contributed by atoms with Gasteiger partial charge in [0.1, 0.15) is 5.78 Å². The number of carbonyl (C=O) groups is 1. The van der Waals surface area contributed by atoms with Crippen LogP contribution in [0.2, 0.25) is 0 Å². The third-order valence-electron chi connectivity index (χ3n) is 9.40. The lowest BCUT2D eigenvalue weighted by molar-refractivity contribution is -0.119. The molecule has 6 saturated heterocycles. The predicted octanol–water partition coefficient (Wildman–Crippen LogP) is -1.71. The first-order valence-electron chi connectivity index (χ1n) is 18.2. The second-order valence-corrected chi connectivity index (χ2v) is 14.0. The van der Waals surface area contributed by atoms with E-state index < -0.39 is 0 Å². The molecule has 3 atom stereocenters. The maximum atomic E-state index is 10.9. The molecule has 0 aliphatic carbocycles. The van der Waals surface area contributed by atoms with Crippen LogP contribution in [0.4, 0.5) is 0 Å². The Hall–Kier alpha value is -0.810. The van der Waals surface area contributed by atoms with E-state index in [1.165, 1.54) is 71.7 Å². The molecule has 3 unspecified atom stereocenters. The van der Waals surface area contributed by atoms with Crippen LogP contribution >= 0.6 is 0 Å². The molecule has 0 aromatic heterocycles. The summed E-state index contributed by atoms with van der Waals surface area (Å²) in [5.41, 5.74) is 0. The van der Waals surface area contributed by atoms with E-state index in [4.69, 9.17) is 4.74 Å². The van der Waals surface area contributed by atoms with Crippen LogP contribution in [0.25, 0.3) is 0 Å². The second-order valence-electron chi connectivity index (χ2n) is 14.0. The highest BCUT2D eigenvalue weighted by molar-refractivity contribution is 5.81. The van der Waals surface area contributed by atoms with Gasteiger partial charge in [0.2, 0.25) is 0 Å².